The maximum Gasteiger partial charge on any atom is 0.181 e. The van der Waals surface area contributed by atoms with Gasteiger partial charge in [-0.1, -0.05) is 0 Å². The molecule has 0 amide bonds. The summed E-state index contributed by atoms with van der Waals surface area (Å²) in [4.78, 5) is 4.06. The molecule has 0 unspecified atom stereocenters. The van der Waals surface area contributed by atoms with Crippen LogP contribution in [0.15, 0.2) is 12.3 Å². The minimum absolute atomic E-state index is 0.488. The van der Waals surface area contributed by atoms with Crippen LogP contribution < -0.4 is 5.73 Å². The Morgan fingerprint density at radius 1 is 1.62 bits per heavy atom. The fourth-order valence-electron chi connectivity index (χ4n) is 1.22. The van der Waals surface area contributed by atoms with Crippen molar-refractivity contribution in [2.24, 2.45) is 0 Å². The lowest BCUT2D eigenvalue weighted by Gasteiger charge is -1.95. The van der Waals surface area contributed by atoms with Crippen molar-refractivity contribution in [3.8, 4) is 0 Å². The van der Waals surface area contributed by atoms with Crippen LogP contribution in [-0.4, -0.2) is 22.3 Å². The van der Waals surface area contributed by atoms with E-state index >= 15 is 0 Å². The number of H-pyrrole nitrogens is 1. The van der Waals surface area contributed by atoms with Crippen molar-refractivity contribution in [2.45, 2.75) is 6.61 Å². The number of hydrogen-bond acceptors (Lipinski definition) is 4. The first-order valence-corrected chi connectivity index (χ1v) is 3.88. The lowest BCUT2D eigenvalue weighted by atomic mass is 10.2. The van der Waals surface area contributed by atoms with E-state index in [4.69, 9.17) is 10.5 Å². The van der Waals surface area contributed by atoms with Crippen molar-refractivity contribution in [2.75, 3.05) is 12.8 Å². The van der Waals surface area contributed by atoms with Gasteiger partial charge in [0.15, 0.2) is 5.65 Å². The van der Waals surface area contributed by atoms with Gasteiger partial charge in [0, 0.05) is 12.5 Å². The van der Waals surface area contributed by atoms with Gasteiger partial charge in [-0.05, 0) is 6.07 Å². The van der Waals surface area contributed by atoms with Crippen LogP contribution in [0.4, 0.5) is 5.69 Å². The van der Waals surface area contributed by atoms with E-state index < -0.39 is 0 Å². The number of aromatic amines is 1. The summed E-state index contributed by atoms with van der Waals surface area (Å²) in [6.07, 6.45) is 1.58. The highest BCUT2D eigenvalue weighted by molar-refractivity contribution is 5.80. The summed E-state index contributed by atoms with van der Waals surface area (Å²) in [5, 5.41) is 7.77. The van der Waals surface area contributed by atoms with Crippen LogP contribution >= 0.6 is 0 Å². The number of nitrogens with zero attached hydrogens (tertiary/aromatic N) is 2. The molecule has 13 heavy (non-hydrogen) atoms. The van der Waals surface area contributed by atoms with Crippen LogP contribution in [0.3, 0.4) is 0 Å². The first kappa shape index (κ1) is 8.00. The zero-order chi connectivity index (χ0) is 9.26. The summed E-state index contributed by atoms with van der Waals surface area (Å²) in [7, 11) is 1.63. The molecule has 0 fully saturated rings. The first-order valence-electron chi connectivity index (χ1n) is 3.88. The second-order valence-electron chi connectivity index (χ2n) is 2.77. The number of rotatable bonds is 2. The standard InChI is InChI=1S/C8H10N4O/c1-13-4-7-6-2-5(9)3-10-8(6)12-11-7/h2-3H,4,9H2,1H3,(H,10,11,12). The maximum absolute atomic E-state index is 5.60. The van der Waals surface area contributed by atoms with E-state index in [-0.39, 0.29) is 0 Å². The Kier molecular flexibility index (Phi) is 1.86. The zero-order valence-corrected chi connectivity index (χ0v) is 7.24. The monoisotopic (exact) mass is 178 g/mol. The van der Waals surface area contributed by atoms with E-state index in [9.17, 15) is 0 Å². The molecule has 0 aliphatic rings. The summed E-state index contributed by atoms with van der Waals surface area (Å²) in [5.74, 6) is 0. The molecule has 0 saturated carbocycles. The average molecular weight is 178 g/mol. The minimum Gasteiger partial charge on any atom is -0.397 e. The molecule has 0 aromatic carbocycles. The van der Waals surface area contributed by atoms with E-state index in [0.29, 0.717) is 17.9 Å². The van der Waals surface area contributed by atoms with Crippen LogP contribution in [0, 0.1) is 0 Å². The van der Waals surface area contributed by atoms with Gasteiger partial charge in [-0.2, -0.15) is 5.10 Å². The van der Waals surface area contributed by atoms with Gasteiger partial charge in [-0.25, -0.2) is 4.98 Å². The molecule has 68 valence electrons. The molecular formula is C8H10N4O. The van der Waals surface area contributed by atoms with E-state index in [0.717, 1.165) is 11.1 Å². The average Bonchev–Trinajstić information content (AvgIpc) is 2.49. The number of hydrogen-bond donors (Lipinski definition) is 2. The number of pyridine rings is 1. The number of aromatic nitrogens is 3. The molecule has 3 N–H and O–H groups in total. The third-order valence-corrected chi connectivity index (χ3v) is 1.80. The predicted octanol–water partition coefficient (Wildman–Crippen LogP) is 0.687. The normalized spacial score (nSPS) is 10.8. The van der Waals surface area contributed by atoms with Gasteiger partial charge in [-0.3, -0.25) is 5.10 Å². The van der Waals surface area contributed by atoms with Crippen molar-refractivity contribution in [3.05, 3.63) is 18.0 Å². The summed E-state index contributed by atoms with van der Waals surface area (Å²) in [6, 6.07) is 1.83. The van der Waals surface area contributed by atoms with Crippen LogP contribution in [0.5, 0.6) is 0 Å². The molecule has 0 radical (unpaired) electrons. The van der Waals surface area contributed by atoms with Gasteiger partial charge in [0.2, 0.25) is 0 Å². The highest BCUT2D eigenvalue weighted by Gasteiger charge is 2.05. The number of nitrogen functional groups attached to an aromatic ring is 1. The Hall–Kier alpha value is -1.62. The van der Waals surface area contributed by atoms with Gasteiger partial charge in [0.25, 0.3) is 0 Å². The van der Waals surface area contributed by atoms with Crippen molar-refractivity contribution in [1.29, 1.82) is 0 Å². The van der Waals surface area contributed by atoms with Crippen LogP contribution in [0.1, 0.15) is 5.69 Å². The van der Waals surface area contributed by atoms with Gasteiger partial charge in [0.1, 0.15) is 0 Å². The minimum atomic E-state index is 0.488. The van der Waals surface area contributed by atoms with Crippen LogP contribution in [0.25, 0.3) is 11.0 Å². The second kappa shape index (κ2) is 3.02. The van der Waals surface area contributed by atoms with E-state index in [1.165, 1.54) is 0 Å². The molecule has 0 bridgehead atoms. The highest BCUT2D eigenvalue weighted by Crippen LogP contribution is 2.16. The Morgan fingerprint density at radius 3 is 3.23 bits per heavy atom. The van der Waals surface area contributed by atoms with Crippen LogP contribution in [0.2, 0.25) is 0 Å². The van der Waals surface area contributed by atoms with Crippen molar-refractivity contribution >= 4 is 16.7 Å². The third kappa shape index (κ3) is 1.33. The smallest absolute Gasteiger partial charge is 0.181 e. The van der Waals surface area contributed by atoms with Gasteiger partial charge >= 0.3 is 0 Å². The molecule has 0 aliphatic carbocycles. The molecule has 0 saturated heterocycles. The Balaban J connectivity index is 2.58. The Bertz CT molecular complexity index is 423. The van der Waals surface area contributed by atoms with E-state index in [1.807, 2.05) is 6.07 Å². The second-order valence-corrected chi connectivity index (χ2v) is 2.77. The Labute approximate surface area is 74.9 Å². The number of anilines is 1. The summed E-state index contributed by atoms with van der Waals surface area (Å²) in [5.41, 5.74) is 7.80. The van der Waals surface area contributed by atoms with Gasteiger partial charge in [-0.15, -0.1) is 0 Å². The zero-order valence-electron chi connectivity index (χ0n) is 7.24. The number of nitrogens with one attached hydrogen (secondary N) is 1. The van der Waals surface area contributed by atoms with Crippen molar-refractivity contribution in [1.82, 2.24) is 15.2 Å². The lowest BCUT2D eigenvalue weighted by Crippen LogP contribution is -1.89. The Morgan fingerprint density at radius 2 is 2.46 bits per heavy atom. The molecule has 0 spiro atoms. The molecular weight excluding hydrogens is 168 g/mol. The van der Waals surface area contributed by atoms with Gasteiger partial charge in [0.05, 0.1) is 24.2 Å². The summed E-state index contributed by atoms with van der Waals surface area (Å²) < 4.78 is 4.99. The van der Waals surface area contributed by atoms with E-state index in [1.54, 1.807) is 13.3 Å². The molecule has 2 heterocycles. The lowest BCUT2D eigenvalue weighted by molar-refractivity contribution is 0.182. The maximum atomic E-state index is 5.60. The largest absolute Gasteiger partial charge is 0.397 e. The number of nitrogens with two attached hydrogens (primary N) is 1. The van der Waals surface area contributed by atoms with Crippen molar-refractivity contribution < 1.29 is 4.74 Å². The molecule has 2 aromatic rings. The molecule has 2 aromatic heterocycles. The SMILES string of the molecule is COCc1[nH]nc2ncc(N)cc12. The topological polar surface area (TPSA) is 76.8 Å². The number of ether oxygens (including phenoxy) is 1. The number of methoxy groups -OCH3 is 1. The molecule has 0 atom stereocenters. The highest BCUT2D eigenvalue weighted by atomic mass is 16.5. The van der Waals surface area contributed by atoms with Gasteiger partial charge < -0.3 is 10.5 Å². The quantitative estimate of drug-likeness (QED) is 0.709. The molecule has 5 heteroatoms. The molecule has 2 rings (SSSR count). The molecule has 0 aliphatic heterocycles. The fraction of sp³-hybridized carbons (Fsp3) is 0.250. The third-order valence-electron chi connectivity index (χ3n) is 1.80. The van der Waals surface area contributed by atoms with Crippen LogP contribution in [-0.2, 0) is 11.3 Å². The summed E-state index contributed by atoms with van der Waals surface area (Å²) in [6.45, 7) is 0.488. The predicted molar refractivity (Wildman–Crippen MR) is 49.0 cm³/mol. The first-order chi connectivity index (χ1) is 6.31. The number of fused-ring (bicyclic) bond motifs is 1. The van der Waals surface area contributed by atoms with Crippen molar-refractivity contribution in [3.63, 3.8) is 0 Å². The fourth-order valence-corrected chi connectivity index (χ4v) is 1.22. The molecule has 5 nitrogen and oxygen atoms in total. The summed E-state index contributed by atoms with van der Waals surface area (Å²) >= 11 is 0. The van der Waals surface area contributed by atoms with E-state index in [2.05, 4.69) is 15.2 Å².